The van der Waals surface area contributed by atoms with Crippen LogP contribution in [0, 0.1) is 23.7 Å². The number of hydrogen-bond acceptors (Lipinski definition) is 4. The van der Waals surface area contributed by atoms with Crippen LogP contribution >= 0.6 is 0 Å². The molecular weight excluding hydrogens is 454 g/mol. The SMILES string of the molecule is CCC[C@H](NC(=O)C1(NC(=O)N2CCC3=CC3CC2)CCCCC1)C(=O)C(=O)[C@H]1CC1C1CCCC1. The van der Waals surface area contributed by atoms with Crippen molar-refractivity contribution in [1.82, 2.24) is 15.5 Å². The molecule has 2 unspecified atom stereocenters. The van der Waals surface area contributed by atoms with E-state index >= 15 is 0 Å². The molecule has 7 nitrogen and oxygen atoms in total. The van der Waals surface area contributed by atoms with E-state index in [0.29, 0.717) is 56.5 Å². The number of amides is 3. The number of carbonyl (C=O) groups is 4. The van der Waals surface area contributed by atoms with Gasteiger partial charge in [-0.1, -0.05) is 69.9 Å². The molecule has 3 saturated carbocycles. The minimum Gasteiger partial charge on any atom is -0.344 e. The van der Waals surface area contributed by atoms with Gasteiger partial charge in [0, 0.05) is 19.0 Å². The molecule has 0 aromatic heterocycles. The zero-order valence-electron chi connectivity index (χ0n) is 21.9. The Morgan fingerprint density at radius 1 is 1.03 bits per heavy atom. The molecule has 1 aliphatic heterocycles. The van der Waals surface area contributed by atoms with Crippen molar-refractivity contribution in [3.8, 4) is 0 Å². The lowest BCUT2D eigenvalue weighted by molar-refractivity contribution is -0.140. The van der Waals surface area contributed by atoms with Gasteiger partial charge in [-0.3, -0.25) is 14.4 Å². The highest BCUT2D eigenvalue weighted by Gasteiger charge is 2.51. The van der Waals surface area contributed by atoms with Crippen molar-refractivity contribution in [1.29, 1.82) is 0 Å². The lowest BCUT2D eigenvalue weighted by atomic mass is 9.80. The van der Waals surface area contributed by atoms with Crippen molar-refractivity contribution in [2.75, 3.05) is 13.1 Å². The summed E-state index contributed by atoms with van der Waals surface area (Å²) in [5, 5.41) is 6.07. The van der Waals surface area contributed by atoms with E-state index in [0.717, 1.165) is 38.5 Å². The summed E-state index contributed by atoms with van der Waals surface area (Å²) in [6.45, 7) is 3.34. The topological polar surface area (TPSA) is 95.6 Å². The predicted molar refractivity (Wildman–Crippen MR) is 137 cm³/mol. The molecular formula is C29H43N3O4. The maximum atomic E-state index is 13.7. The highest BCUT2D eigenvalue weighted by atomic mass is 16.2. The van der Waals surface area contributed by atoms with Gasteiger partial charge in [0.2, 0.25) is 17.5 Å². The predicted octanol–water partition coefficient (Wildman–Crippen LogP) is 4.30. The molecule has 3 amide bonds. The molecule has 36 heavy (non-hydrogen) atoms. The van der Waals surface area contributed by atoms with Gasteiger partial charge in [0.05, 0.1) is 6.04 Å². The van der Waals surface area contributed by atoms with Crippen LogP contribution in [0.1, 0.15) is 96.8 Å². The van der Waals surface area contributed by atoms with Crippen molar-refractivity contribution in [2.24, 2.45) is 23.7 Å². The van der Waals surface area contributed by atoms with E-state index in [1.54, 1.807) is 0 Å². The van der Waals surface area contributed by atoms with Gasteiger partial charge in [-0.15, -0.1) is 0 Å². The second-order valence-electron chi connectivity index (χ2n) is 12.0. The molecule has 2 N–H and O–H groups in total. The number of nitrogens with zero attached hydrogens (tertiary/aromatic N) is 1. The van der Waals surface area contributed by atoms with Gasteiger partial charge in [-0.25, -0.2) is 4.79 Å². The summed E-state index contributed by atoms with van der Waals surface area (Å²) in [6, 6.07) is -0.978. The van der Waals surface area contributed by atoms with Crippen LogP contribution in [-0.4, -0.2) is 53.1 Å². The molecule has 0 aromatic carbocycles. The van der Waals surface area contributed by atoms with E-state index in [1.165, 1.54) is 31.3 Å². The van der Waals surface area contributed by atoms with E-state index in [2.05, 4.69) is 16.7 Å². The number of carbonyl (C=O) groups excluding carboxylic acids is 4. The Bertz CT molecular complexity index is 915. The third kappa shape index (κ3) is 5.40. The third-order valence-corrected chi connectivity index (χ3v) is 9.56. The Labute approximate surface area is 215 Å². The zero-order chi connectivity index (χ0) is 25.3. The highest BCUT2D eigenvalue weighted by Crippen LogP contribution is 2.50. The van der Waals surface area contributed by atoms with E-state index in [-0.39, 0.29) is 23.6 Å². The summed E-state index contributed by atoms with van der Waals surface area (Å²) in [5.41, 5.74) is 0.442. The molecule has 1 heterocycles. The summed E-state index contributed by atoms with van der Waals surface area (Å²) < 4.78 is 0. The largest absolute Gasteiger partial charge is 0.344 e. The molecule has 0 radical (unpaired) electrons. The third-order valence-electron chi connectivity index (χ3n) is 9.56. The van der Waals surface area contributed by atoms with Crippen LogP contribution < -0.4 is 10.6 Å². The summed E-state index contributed by atoms with van der Waals surface area (Å²) in [7, 11) is 0. The Hall–Kier alpha value is -2.18. The number of fused-ring (bicyclic) bond motifs is 1. The number of rotatable bonds is 9. The average molecular weight is 498 g/mol. The molecule has 0 spiro atoms. The van der Waals surface area contributed by atoms with E-state index in [4.69, 9.17) is 0 Å². The molecule has 5 rings (SSSR count). The smallest absolute Gasteiger partial charge is 0.318 e. The molecule has 198 valence electrons. The van der Waals surface area contributed by atoms with Gasteiger partial charge in [-0.05, 0) is 56.3 Å². The van der Waals surface area contributed by atoms with Crippen LogP contribution in [0.15, 0.2) is 11.6 Å². The van der Waals surface area contributed by atoms with Gasteiger partial charge >= 0.3 is 6.03 Å². The summed E-state index contributed by atoms with van der Waals surface area (Å²) in [4.78, 5) is 55.2. The second-order valence-corrected chi connectivity index (χ2v) is 12.0. The Kier molecular flexibility index (Phi) is 7.55. The fourth-order valence-corrected chi connectivity index (χ4v) is 7.10. The highest BCUT2D eigenvalue weighted by molar-refractivity contribution is 6.40. The Morgan fingerprint density at radius 3 is 2.50 bits per heavy atom. The summed E-state index contributed by atoms with van der Waals surface area (Å²) in [5.74, 6) is 0.350. The fourth-order valence-electron chi connectivity index (χ4n) is 7.10. The lowest BCUT2D eigenvalue weighted by Gasteiger charge is -2.39. The molecule has 0 aromatic rings. The minimum absolute atomic E-state index is 0.149. The lowest BCUT2D eigenvalue weighted by Crippen LogP contribution is -2.64. The zero-order valence-corrected chi connectivity index (χ0v) is 21.9. The number of Topliss-reactive ketones (excluding diaryl/α,β-unsaturated/α-hetero) is 2. The number of hydrogen-bond donors (Lipinski definition) is 2. The first kappa shape index (κ1) is 25.5. The molecule has 0 bridgehead atoms. The fraction of sp³-hybridized carbons (Fsp3) is 0.793. The summed E-state index contributed by atoms with van der Waals surface area (Å²) >= 11 is 0. The number of likely N-dealkylation sites (tertiary alicyclic amines) is 1. The molecule has 4 atom stereocenters. The maximum absolute atomic E-state index is 13.7. The van der Waals surface area contributed by atoms with Crippen LogP contribution in [-0.2, 0) is 14.4 Å². The van der Waals surface area contributed by atoms with Crippen LogP contribution in [0.2, 0.25) is 0 Å². The second kappa shape index (κ2) is 10.7. The van der Waals surface area contributed by atoms with Crippen LogP contribution in [0.25, 0.3) is 0 Å². The monoisotopic (exact) mass is 497 g/mol. The number of urea groups is 1. The van der Waals surface area contributed by atoms with Crippen molar-refractivity contribution in [3.05, 3.63) is 11.6 Å². The normalized spacial score (nSPS) is 29.9. The number of ketones is 2. The van der Waals surface area contributed by atoms with Crippen molar-refractivity contribution in [2.45, 2.75) is 108 Å². The summed E-state index contributed by atoms with van der Waals surface area (Å²) in [6.07, 6.45) is 14.8. The maximum Gasteiger partial charge on any atom is 0.318 e. The average Bonchev–Trinajstić information content (AvgIpc) is 3.78. The van der Waals surface area contributed by atoms with Gasteiger partial charge in [0.25, 0.3) is 0 Å². The van der Waals surface area contributed by atoms with E-state index in [9.17, 15) is 19.2 Å². The van der Waals surface area contributed by atoms with Gasteiger partial charge in [0.15, 0.2) is 0 Å². The van der Waals surface area contributed by atoms with Crippen LogP contribution in [0.4, 0.5) is 4.79 Å². The molecule has 4 fully saturated rings. The van der Waals surface area contributed by atoms with Crippen molar-refractivity contribution >= 4 is 23.5 Å². The van der Waals surface area contributed by atoms with Crippen LogP contribution in [0.5, 0.6) is 0 Å². The van der Waals surface area contributed by atoms with Gasteiger partial charge in [0.1, 0.15) is 5.54 Å². The molecule has 5 aliphatic rings. The quantitative estimate of drug-likeness (QED) is 0.367. The van der Waals surface area contributed by atoms with Gasteiger partial charge in [-0.2, -0.15) is 0 Å². The molecule has 4 aliphatic carbocycles. The van der Waals surface area contributed by atoms with E-state index < -0.39 is 17.4 Å². The van der Waals surface area contributed by atoms with Crippen LogP contribution in [0.3, 0.4) is 0 Å². The molecule has 7 heteroatoms. The number of nitrogens with one attached hydrogen (secondary N) is 2. The first-order chi connectivity index (χ1) is 17.4. The first-order valence-electron chi connectivity index (χ1n) is 14.6. The Balaban J connectivity index is 1.23. The van der Waals surface area contributed by atoms with Crippen molar-refractivity contribution in [3.63, 3.8) is 0 Å². The van der Waals surface area contributed by atoms with Crippen molar-refractivity contribution < 1.29 is 19.2 Å². The first-order valence-corrected chi connectivity index (χ1v) is 14.6. The molecule has 1 saturated heterocycles. The minimum atomic E-state index is -1.01. The van der Waals surface area contributed by atoms with E-state index in [1.807, 2.05) is 11.8 Å². The number of allylic oxidation sites excluding steroid dienone is 1. The Morgan fingerprint density at radius 2 is 1.78 bits per heavy atom. The van der Waals surface area contributed by atoms with Gasteiger partial charge < -0.3 is 15.5 Å². The standard InChI is InChI=1S/C29H43N3O4/c1-2-8-24(26(34)25(33)23-18-22(23)19-9-4-5-10-19)30-27(35)29(13-6-3-7-14-29)31-28(36)32-15-11-20-17-21(20)12-16-32/h17,19-20,22-24H,2-16,18H2,1H3,(H,30,35)(H,31,36)/t20?,22?,23-,24-/m0/s1.